The van der Waals surface area contributed by atoms with Gasteiger partial charge in [-0.15, -0.1) is 0 Å². The quantitative estimate of drug-likeness (QED) is 0.686. The third kappa shape index (κ3) is 6.68. The van der Waals surface area contributed by atoms with Crippen LogP contribution in [0.2, 0.25) is 0 Å². The van der Waals surface area contributed by atoms with Gasteiger partial charge in [-0.1, -0.05) is 18.2 Å². The average Bonchev–Trinajstić information content (AvgIpc) is 3.20. The summed E-state index contributed by atoms with van der Waals surface area (Å²) in [6.45, 7) is 3.25. The van der Waals surface area contributed by atoms with Crippen LogP contribution < -0.4 is 0 Å². The van der Waals surface area contributed by atoms with Crippen molar-refractivity contribution in [1.82, 2.24) is 19.8 Å². The maximum Gasteiger partial charge on any atom is 0.490 e. The largest absolute Gasteiger partial charge is 0.490 e. The van der Waals surface area contributed by atoms with Gasteiger partial charge < -0.3 is 14.7 Å². The van der Waals surface area contributed by atoms with E-state index in [0.29, 0.717) is 24.3 Å². The topological polar surface area (TPSA) is 95.9 Å². The zero-order valence-electron chi connectivity index (χ0n) is 17.4. The van der Waals surface area contributed by atoms with Crippen molar-refractivity contribution in [1.29, 1.82) is 0 Å². The van der Waals surface area contributed by atoms with Crippen LogP contribution in [0.3, 0.4) is 0 Å². The number of aromatic nitrogens is 2. The summed E-state index contributed by atoms with van der Waals surface area (Å²) in [5, 5.41) is 7.12. The second-order valence-electron chi connectivity index (χ2n) is 7.55. The molecule has 33 heavy (non-hydrogen) atoms. The zero-order chi connectivity index (χ0) is 24.0. The van der Waals surface area contributed by atoms with E-state index in [1.807, 2.05) is 11.0 Å². The van der Waals surface area contributed by atoms with Crippen LogP contribution in [0.5, 0.6) is 0 Å². The van der Waals surface area contributed by atoms with Crippen LogP contribution in [0, 0.1) is 5.82 Å². The SMILES string of the molecule is O=C(O)C(F)(F)F.O=C(c1cnccn1)N1CCN2C[C@H](OCc3ccccc3F)C[C@H]2C1. The third-order valence-corrected chi connectivity index (χ3v) is 5.32. The Bertz CT molecular complexity index is 961. The highest BCUT2D eigenvalue weighted by Crippen LogP contribution is 2.25. The van der Waals surface area contributed by atoms with Crippen LogP contribution in [0.15, 0.2) is 42.9 Å². The maximum atomic E-state index is 13.7. The average molecular weight is 470 g/mol. The second kappa shape index (κ2) is 10.7. The molecule has 1 aromatic heterocycles. The number of amides is 1. The number of piperazine rings is 1. The lowest BCUT2D eigenvalue weighted by atomic mass is 10.1. The highest BCUT2D eigenvalue weighted by atomic mass is 19.4. The first-order valence-corrected chi connectivity index (χ1v) is 10.1. The Balaban J connectivity index is 0.000000383. The number of hydrogen-bond acceptors (Lipinski definition) is 6. The van der Waals surface area contributed by atoms with E-state index in [1.54, 1.807) is 18.3 Å². The van der Waals surface area contributed by atoms with Crippen molar-refractivity contribution in [2.75, 3.05) is 26.2 Å². The predicted molar refractivity (Wildman–Crippen MR) is 107 cm³/mol. The molecular formula is C21H22F4N4O4. The lowest BCUT2D eigenvalue weighted by molar-refractivity contribution is -0.192. The fourth-order valence-corrected chi connectivity index (χ4v) is 3.70. The normalized spacial score (nSPS) is 20.5. The van der Waals surface area contributed by atoms with Crippen LogP contribution in [0.1, 0.15) is 22.5 Å². The highest BCUT2D eigenvalue weighted by Gasteiger charge is 2.39. The summed E-state index contributed by atoms with van der Waals surface area (Å²) >= 11 is 0. The Labute approximate surface area is 186 Å². The minimum Gasteiger partial charge on any atom is -0.475 e. The van der Waals surface area contributed by atoms with Gasteiger partial charge in [0.2, 0.25) is 0 Å². The molecule has 2 aliphatic rings. The molecule has 0 aliphatic carbocycles. The molecule has 2 aliphatic heterocycles. The first kappa shape index (κ1) is 24.5. The van der Waals surface area contributed by atoms with Crippen molar-refractivity contribution in [3.05, 3.63) is 59.9 Å². The van der Waals surface area contributed by atoms with E-state index < -0.39 is 12.1 Å². The lowest BCUT2D eigenvalue weighted by Crippen LogP contribution is -2.52. The Hall–Kier alpha value is -3.12. The molecule has 12 heteroatoms. The second-order valence-corrected chi connectivity index (χ2v) is 7.55. The standard InChI is InChI=1S/C19H21FN4O2.C2HF3O2/c20-17-4-2-1-3-14(17)13-26-16-9-15-11-24(8-7-23(15)12-16)19(25)18-10-21-5-6-22-18;3-2(4,5)1(6)7/h1-6,10,15-16H,7-9,11-13H2;(H,6,7)/t15-,16+;/m0./s1. The van der Waals surface area contributed by atoms with Gasteiger partial charge in [-0.25, -0.2) is 14.2 Å². The Morgan fingerprint density at radius 3 is 2.52 bits per heavy atom. The summed E-state index contributed by atoms with van der Waals surface area (Å²) < 4.78 is 51.4. The number of nitrogens with zero attached hydrogens (tertiary/aromatic N) is 4. The molecule has 2 fully saturated rings. The van der Waals surface area contributed by atoms with Crippen LogP contribution in [0.25, 0.3) is 0 Å². The van der Waals surface area contributed by atoms with Crippen molar-refractivity contribution in [2.24, 2.45) is 0 Å². The van der Waals surface area contributed by atoms with Gasteiger partial charge in [-0.05, 0) is 12.5 Å². The number of carbonyl (C=O) groups excluding carboxylic acids is 1. The lowest BCUT2D eigenvalue weighted by Gasteiger charge is -2.37. The molecule has 0 saturated carbocycles. The summed E-state index contributed by atoms with van der Waals surface area (Å²) in [6, 6.07) is 6.97. The fourth-order valence-electron chi connectivity index (χ4n) is 3.70. The Kier molecular flexibility index (Phi) is 7.92. The highest BCUT2D eigenvalue weighted by molar-refractivity contribution is 5.92. The molecule has 2 saturated heterocycles. The fraction of sp³-hybridized carbons (Fsp3) is 0.429. The number of halogens is 4. The van der Waals surface area contributed by atoms with Crippen LogP contribution in [-0.4, -0.2) is 81.3 Å². The number of aliphatic carboxylic acids is 1. The van der Waals surface area contributed by atoms with Crippen molar-refractivity contribution in [3.8, 4) is 0 Å². The van der Waals surface area contributed by atoms with Crippen LogP contribution in [0.4, 0.5) is 17.6 Å². The van der Waals surface area contributed by atoms with Gasteiger partial charge in [0.1, 0.15) is 11.5 Å². The molecule has 4 rings (SSSR count). The van der Waals surface area contributed by atoms with Crippen molar-refractivity contribution in [3.63, 3.8) is 0 Å². The molecule has 0 bridgehead atoms. The summed E-state index contributed by atoms with van der Waals surface area (Å²) in [5.41, 5.74) is 0.961. The summed E-state index contributed by atoms with van der Waals surface area (Å²) in [6.07, 6.45) is 0.420. The van der Waals surface area contributed by atoms with Gasteiger partial charge in [-0.2, -0.15) is 13.2 Å². The molecule has 3 heterocycles. The molecular weight excluding hydrogens is 448 g/mol. The van der Waals surface area contributed by atoms with Gasteiger partial charge >= 0.3 is 12.1 Å². The number of alkyl halides is 3. The Morgan fingerprint density at radius 1 is 1.15 bits per heavy atom. The molecule has 178 valence electrons. The zero-order valence-corrected chi connectivity index (χ0v) is 17.4. The molecule has 1 amide bonds. The van der Waals surface area contributed by atoms with Gasteiger partial charge in [0.05, 0.1) is 18.9 Å². The number of hydrogen-bond donors (Lipinski definition) is 1. The number of carboxylic acid groups (broad SMARTS) is 1. The minimum atomic E-state index is -5.08. The smallest absolute Gasteiger partial charge is 0.475 e. The molecule has 0 unspecified atom stereocenters. The number of fused-ring (bicyclic) bond motifs is 1. The number of carboxylic acids is 1. The van der Waals surface area contributed by atoms with E-state index in [1.165, 1.54) is 18.5 Å². The molecule has 8 nitrogen and oxygen atoms in total. The molecule has 0 radical (unpaired) electrons. The maximum absolute atomic E-state index is 13.7. The number of benzene rings is 1. The molecule has 1 aromatic carbocycles. The summed E-state index contributed by atoms with van der Waals surface area (Å²) in [5.74, 6) is -3.06. The number of carbonyl (C=O) groups is 2. The van der Waals surface area contributed by atoms with Crippen molar-refractivity contribution < 1.29 is 37.0 Å². The molecule has 1 N–H and O–H groups in total. The van der Waals surface area contributed by atoms with E-state index in [4.69, 9.17) is 14.6 Å². The van der Waals surface area contributed by atoms with Gasteiger partial charge in [0, 0.05) is 50.2 Å². The van der Waals surface area contributed by atoms with E-state index in [9.17, 15) is 22.4 Å². The summed E-state index contributed by atoms with van der Waals surface area (Å²) in [4.78, 5) is 33.7. The molecule has 2 aromatic rings. The van der Waals surface area contributed by atoms with E-state index in [2.05, 4.69) is 14.9 Å². The third-order valence-electron chi connectivity index (χ3n) is 5.32. The van der Waals surface area contributed by atoms with Gasteiger partial charge in [0.25, 0.3) is 5.91 Å². The van der Waals surface area contributed by atoms with Crippen LogP contribution >= 0.6 is 0 Å². The summed E-state index contributed by atoms with van der Waals surface area (Å²) in [7, 11) is 0. The molecule has 0 spiro atoms. The number of rotatable bonds is 4. The predicted octanol–water partition coefficient (Wildman–Crippen LogP) is 2.36. The van der Waals surface area contributed by atoms with E-state index in [0.717, 1.165) is 19.5 Å². The van der Waals surface area contributed by atoms with Crippen molar-refractivity contribution >= 4 is 11.9 Å². The van der Waals surface area contributed by atoms with E-state index in [-0.39, 0.29) is 30.5 Å². The van der Waals surface area contributed by atoms with Crippen molar-refractivity contribution in [2.45, 2.75) is 31.3 Å². The monoisotopic (exact) mass is 470 g/mol. The first-order valence-electron chi connectivity index (χ1n) is 10.1. The Morgan fingerprint density at radius 2 is 1.88 bits per heavy atom. The van der Waals surface area contributed by atoms with Gasteiger partial charge in [-0.3, -0.25) is 14.7 Å². The van der Waals surface area contributed by atoms with E-state index >= 15 is 0 Å². The molecule has 2 atom stereocenters. The van der Waals surface area contributed by atoms with Gasteiger partial charge in [0.15, 0.2) is 0 Å². The number of ether oxygens (including phenoxy) is 1. The van der Waals surface area contributed by atoms with Crippen LogP contribution in [-0.2, 0) is 16.1 Å². The minimum absolute atomic E-state index is 0.0613. The first-order chi connectivity index (χ1) is 15.6.